The molecule has 0 aliphatic heterocycles. The molecular weight excluding hydrogens is 191 g/mol. The third-order valence-corrected chi connectivity index (χ3v) is 2.03. The fraction of sp³-hybridized carbons (Fsp3) is 0.250. The maximum absolute atomic E-state index is 11.1. The molecular formula is C8H9O4P-2. The summed E-state index contributed by atoms with van der Waals surface area (Å²) in [5.41, 5.74) is 0.348. The van der Waals surface area contributed by atoms with E-state index < -0.39 is 7.60 Å². The molecule has 13 heavy (non-hydrogen) atoms. The van der Waals surface area contributed by atoms with E-state index in [9.17, 15) is 14.6 Å². The van der Waals surface area contributed by atoms with Crippen LogP contribution in [0.15, 0.2) is 24.3 Å². The van der Waals surface area contributed by atoms with Gasteiger partial charge in [0.25, 0.3) is 0 Å². The third kappa shape index (κ3) is 3.59. The molecule has 4 nitrogen and oxygen atoms in total. The van der Waals surface area contributed by atoms with Crippen molar-refractivity contribution in [3.63, 3.8) is 0 Å². The van der Waals surface area contributed by atoms with Crippen molar-refractivity contribution in [1.29, 1.82) is 0 Å². The fourth-order valence-electron chi connectivity index (χ4n) is 0.810. The molecule has 0 spiro atoms. The van der Waals surface area contributed by atoms with Crippen molar-refractivity contribution >= 4 is 7.60 Å². The van der Waals surface area contributed by atoms with Crippen LogP contribution in [-0.2, 0) is 15.7 Å². The van der Waals surface area contributed by atoms with Crippen LogP contribution in [-0.4, -0.2) is 6.66 Å². The number of hydrogen-bond donors (Lipinski definition) is 0. The van der Waals surface area contributed by atoms with Crippen LogP contribution in [0.3, 0.4) is 0 Å². The lowest BCUT2D eigenvalue weighted by Gasteiger charge is -2.20. The largest absolute Gasteiger partial charge is 0.872 e. The van der Waals surface area contributed by atoms with Gasteiger partial charge in [0.2, 0.25) is 0 Å². The van der Waals surface area contributed by atoms with Gasteiger partial charge in [0.15, 0.2) is 0 Å². The summed E-state index contributed by atoms with van der Waals surface area (Å²) >= 11 is 0. The van der Waals surface area contributed by atoms with Crippen molar-refractivity contribution in [1.82, 2.24) is 0 Å². The van der Waals surface area contributed by atoms with Crippen molar-refractivity contribution in [2.45, 2.75) is 6.61 Å². The summed E-state index contributed by atoms with van der Waals surface area (Å²) in [5.74, 6) is -0.212. The Labute approximate surface area is 76.3 Å². The predicted molar refractivity (Wildman–Crippen MR) is 44.2 cm³/mol. The lowest BCUT2D eigenvalue weighted by molar-refractivity contribution is -0.270. The minimum atomic E-state index is -3.74. The molecule has 0 aromatic heterocycles. The van der Waals surface area contributed by atoms with Gasteiger partial charge in [0, 0.05) is 6.66 Å². The standard InChI is InChI=1S/C8H11O4P/c1-13(10,11)12-6-7-4-2-3-5-8(7)9/h2-5,9H,6H2,1H3,(H,10,11)/p-2. The molecule has 0 fully saturated rings. The number of hydrogen-bond acceptors (Lipinski definition) is 4. The van der Waals surface area contributed by atoms with E-state index in [0.29, 0.717) is 5.56 Å². The molecule has 0 aliphatic rings. The van der Waals surface area contributed by atoms with Crippen LogP contribution >= 0.6 is 7.60 Å². The Morgan fingerprint density at radius 2 is 2.08 bits per heavy atom. The van der Waals surface area contributed by atoms with E-state index in [2.05, 4.69) is 4.52 Å². The molecule has 0 saturated carbocycles. The van der Waals surface area contributed by atoms with E-state index in [1.165, 1.54) is 12.1 Å². The summed E-state index contributed by atoms with van der Waals surface area (Å²) in [4.78, 5) is 10.6. The van der Waals surface area contributed by atoms with Crippen LogP contribution in [0, 0.1) is 0 Å². The van der Waals surface area contributed by atoms with Crippen molar-refractivity contribution in [2.24, 2.45) is 0 Å². The van der Waals surface area contributed by atoms with Gasteiger partial charge in [-0.1, -0.05) is 24.3 Å². The Bertz CT molecular complexity index is 331. The van der Waals surface area contributed by atoms with E-state index in [4.69, 9.17) is 0 Å². The van der Waals surface area contributed by atoms with E-state index in [1.807, 2.05) is 0 Å². The smallest absolute Gasteiger partial charge is 0.132 e. The Hall–Kier alpha value is -0.830. The van der Waals surface area contributed by atoms with Crippen LogP contribution in [0.2, 0.25) is 0 Å². The normalized spacial score (nSPS) is 15.2. The first-order valence-corrected chi connectivity index (χ1v) is 5.66. The van der Waals surface area contributed by atoms with Crippen LogP contribution < -0.4 is 10.00 Å². The highest BCUT2D eigenvalue weighted by atomic mass is 31.2. The molecule has 72 valence electrons. The molecule has 0 saturated heterocycles. The molecule has 0 N–H and O–H groups in total. The molecule has 1 rings (SSSR count). The second-order valence-corrected chi connectivity index (χ2v) is 4.45. The topological polar surface area (TPSA) is 72.4 Å². The van der Waals surface area contributed by atoms with E-state index >= 15 is 0 Å². The van der Waals surface area contributed by atoms with Crippen LogP contribution in [0.5, 0.6) is 5.75 Å². The molecule has 1 atom stereocenters. The summed E-state index contributed by atoms with van der Waals surface area (Å²) in [6, 6.07) is 6.15. The van der Waals surface area contributed by atoms with Gasteiger partial charge in [-0.15, -0.1) is 5.75 Å². The SMILES string of the molecule is CP(=O)([O-])OCc1ccccc1[O-]. The minimum absolute atomic E-state index is 0.184. The highest BCUT2D eigenvalue weighted by Gasteiger charge is 1.99. The quantitative estimate of drug-likeness (QED) is 0.664. The maximum atomic E-state index is 11.1. The molecule has 1 aromatic rings. The molecule has 1 aromatic carbocycles. The first kappa shape index (κ1) is 10.3. The maximum Gasteiger partial charge on any atom is 0.132 e. The summed E-state index contributed by atoms with van der Waals surface area (Å²) in [7, 11) is -3.74. The number of para-hydroxylation sites is 1. The van der Waals surface area contributed by atoms with Gasteiger partial charge in [-0.2, -0.15) is 0 Å². The first-order chi connectivity index (χ1) is 5.99. The highest BCUT2D eigenvalue weighted by Crippen LogP contribution is 2.33. The second-order valence-electron chi connectivity index (χ2n) is 2.65. The number of benzene rings is 1. The third-order valence-electron chi connectivity index (χ3n) is 1.43. The molecule has 0 aliphatic carbocycles. The molecule has 0 bridgehead atoms. The highest BCUT2D eigenvalue weighted by molar-refractivity contribution is 7.50. The van der Waals surface area contributed by atoms with Crippen molar-refractivity contribution < 1.29 is 19.1 Å². The van der Waals surface area contributed by atoms with Gasteiger partial charge in [-0.25, -0.2) is 0 Å². The Kier molecular flexibility index (Phi) is 3.09. The lowest BCUT2D eigenvalue weighted by Crippen LogP contribution is -2.04. The van der Waals surface area contributed by atoms with E-state index in [0.717, 1.165) is 6.66 Å². The summed E-state index contributed by atoms with van der Waals surface area (Å²) in [6.07, 6.45) is 0. The van der Waals surface area contributed by atoms with Crippen molar-refractivity contribution in [2.75, 3.05) is 6.66 Å². The van der Waals surface area contributed by atoms with Crippen LogP contribution in [0.4, 0.5) is 0 Å². The Morgan fingerprint density at radius 1 is 1.46 bits per heavy atom. The van der Waals surface area contributed by atoms with Crippen LogP contribution in [0.25, 0.3) is 0 Å². The summed E-state index contributed by atoms with van der Waals surface area (Å²) < 4.78 is 15.1. The van der Waals surface area contributed by atoms with E-state index in [-0.39, 0.29) is 12.4 Å². The monoisotopic (exact) mass is 200 g/mol. The first-order valence-electron chi connectivity index (χ1n) is 3.67. The Balaban J connectivity index is 2.65. The average molecular weight is 200 g/mol. The predicted octanol–water partition coefficient (Wildman–Crippen LogP) is 0.460. The van der Waals surface area contributed by atoms with Gasteiger partial charge in [0.1, 0.15) is 7.60 Å². The molecule has 1 unspecified atom stereocenters. The van der Waals surface area contributed by atoms with Gasteiger partial charge in [-0.05, 0) is 5.56 Å². The van der Waals surface area contributed by atoms with Gasteiger partial charge >= 0.3 is 0 Å². The van der Waals surface area contributed by atoms with E-state index in [1.54, 1.807) is 12.1 Å². The second kappa shape index (κ2) is 3.92. The van der Waals surface area contributed by atoms with Gasteiger partial charge in [-0.3, -0.25) is 0 Å². The van der Waals surface area contributed by atoms with Gasteiger partial charge < -0.3 is 19.1 Å². The number of rotatable bonds is 3. The average Bonchev–Trinajstić information content (AvgIpc) is 2.01. The zero-order valence-corrected chi connectivity index (χ0v) is 7.99. The zero-order valence-electron chi connectivity index (χ0n) is 7.10. The summed E-state index contributed by atoms with van der Waals surface area (Å²) in [5, 5.41) is 11.1. The van der Waals surface area contributed by atoms with Crippen LogP contribution in [0.1, 0.15) is 5.56 Å². The van der Waals surface area contributed by atoms with Gasteiger partial charge in [0.05, 0.1) is 6.61 Å². The fourth-order valence-corrected chi connectivity index (χ4v) is 1.18. The minimum Gasteiger partial charge on any atom is -0.872 e. The molecule has 5 heteroatoms. The Morgan fingerprint density at radius 3 is 2.62 bits per heavy atom. The van der Waals surface area contributed by atoms with Crippen molar-refractivity contribution in [3.05, 3.63) is 29.8 Å². The molecule has 0 radical (unpaired) electrons. The zero-order chi connectivity index (χ0) is 9.90. The molecule has 0 heterocycles. The van der Waals surface area contributed by atoms with Crippen molar-refractivity contribution in [3.8, 4) is 5.75 Å². The molecule has 0 amide bonds. The lowest BCUT2D eigenvalue weighted by atomic mass is 10.2. The summed E-state index contributed by atoms with van der Waals surface area (Å²) in [6.45, 7) is 0.789.